The fourth-order valence-corrected chi connectivity index (χ4v) is 6.00. The molecule has 3 aromatic rings. The van der Waals surface area contributed by atoms with Crippen LogP contribution in [0.25, 0.3) is 0 Å². The third kappa shape index (κ3) is 6.48. The minimum Gasteiger partial charge on any atom is -0.497 e. The molecule has 0 aromatic heterocycles. The lowest BCUT2D eigenvalue weighted by Crippen LogP contribution is -2.33. The predicted octanol–water partition coefficient (Wildman–Crippen LogP) is 6.86. The third-order valence-corrected chi connectivity index (χ3v) is 8.16. The Morgan fingerprint density at radius 2 is 1.68 bits per heavy atom. The van der Waals surface area contributed by atoms with Gasteiger partial charge in [-0.25, -0.2) is 0 Å². The van der Waals surface area contributed by atoms with Crippen molar-refractivity contribution in [3.63, 3.8) is 0 Å². The van der Waals surface area contributed by atoms with Crippen molar-refractivity contribution in [1.29, 1.82) is 0 Å². The molecule has 0 spiro atoms. The van der Waals surface area contributed by atoms with E-state index in [4.69, 9.17) is 9.47 Å². The predicted molar refractivity (Wildman–Crippen MR) is 153 cm³/mol. The number of anilines is 1. The molecule has 0 amide bonds. The zero-order chi connectivity index (χ0) is 25.5. The molecule has 0 bridgehead atoms. The first-order valence-electron chi connectivity index (χ1n) is 14.2. The minimum atomic E-state index is 0.543. The summed E-state index contributed by atoms with van der Waals surface area (Å²) in [5.74, 6) is 2.48. The van der Waals surface area contributed by atoms with Crippen LogP contribution in [0.15, 0.2) is 66.7 Å². The van der Waals surface area contributed by atoms with Crippen LogP contribution in [0.4, 0.5) is 5.69 Å². The van der Waals surface area contributed by atoms with Crippen molar-refractivity contribution in [3.8, 4) is 11.5 Å². The van der Waals surface area contributed by atoms with Crippen LogP contribution in [0.5, 0.6) is 11.5 Å². The highest BCUT2D eigenvalue weighted by Gasteiger charge is 2.24. The molecule has 2 aliphatic rings. The Hall–Kier alpha value is -2.98. The molecule has 0 saturated carbocycles. The Labute approximate surface area is 223 Å². The number of ether oxygens (including phenoxy) is 2. The Balaban J connectivity index is 1.22. The molecule has 1 fully saturated rings. The van der Waals surface area contributed by atoms with Crippen molar-refractivity contribution < 1.29 is 9.47 Å². The largest absolute Gasteiger partial charge is 0.497 e. The highest BCUT2D eigenvalue weighted by Crippen LogP contribution is 2.38. The standard InChI is InChI=1S/C33H42N2O2/c1-3-35(25-26-11-16-30(17-12-26)37-22-21-34-19-7-4-8-20-34)33-10-6-5-9-32(33)29-14-13-28-24-31(36-2)18-15-27(28)23-29/h5-6,9-12,15-18,24,29H,3-4,7-8,13-14,19-23,25H2,1-2H3. The summed E-state index contributed by atoms with van der Waals surface area (Å²) in [6, 6.07) is 24.3. The molecular weight excluding hydrogens is 456 g/mol. The number of hydrogen-bond acceptors (Lipinski definition) is 4. The normalized spacial score (nSPS) is 17.7. The van der Waals surface area contributed by atoms with Gasteiger partial charge in [0.1, 0.15) is 18.1 Å². The molecule has 3 aromatic carbocycles. The van der Waals surface area contributed by atoms with Gasteiger partial charge in [-0.1, -0.05) is 42.8 Å². The maximum Gasteiger partial charge on any atom is 0.119 e. The van der Waals surface area contributed by atoms with E-state index in [0.717, 1.165) is 50.6 Å². The summed E-state index contributed by atoms with van der Waals surface area (Å²) in [7, 11) is 1.75. The van der Waals surface area contributed by atoms with Gasteiger partial charge in [-0.05, 0) is 111 Å². The summed E-state index contributed by atoms with van der Waals surface area (Å²) < 4.78 is 11.5. The van der Waals surface area contributed by atoms with Gasteiger partial charge in [0.2, 0.25) is 0 Å². The molecular formula is C33H42N2O2. The monoisotopic (exact) mass is 498 g/mol. The number of methoxy groups -OCH3 is 1. The zero-order valence-electron chi connectivity index (χ0n) is 22.6. The topological polar surface area (TPSA) is 24.9 Å². The van der Waals surface area contributed by atoms with Crippen LogP contribution in [0.1, 0.15) is 60.8 Å². The fourth-order valence-electron chi connectivity index (χ4n) is 6.00. The number of nitrogens with zero attached hydrogens (tertiary/aromatic N) is 2. The van der Waals surface area contributed by atoms with Crippen LogP contribution in [0.3, 0.4) is 0 Å². The molecule has 1 saturated heterocycles. The number of likely N-dealkylation sites (tertiary alicyclic amines) is 1. The van der Waals surface area contributed by atoms with Crippen LogP contribution in [0, 0.1) is 0 Å². The molecule has 5 rings (SSSR count). The van der Waals surface area contributed by atoms with Crippen molar-refractivity contribution in [3.05, 3.63) is 89.0 Å². The van der Waals surface area contributed by atoms with Gasteiger partial charge >= 0.3 is 0 Å². The van der Waals surface area contributed by atoms with E-state index >= 15 is 0 Å². The molecule has 4 nitrogen and oxygen atoms in total. The van der Waals surface area contributed by atoms with Crippen molar-refractivity contribution in [2.75, 3.05) is 44.8 Å². The van der Waals surface area contributed by atoms with Crippen molar-refractivity contribution in [1.82, 2.24) is 4.90 Å². The lowest BCUT2D eigenvalue weighted by Gasteiger charge is -2.31. The van der Waals surface area contributed by atoms with Crippen LogP contribution in [-0.2, 0) is 19.4 Å². The smallest absolute Gasteiger partial charge is 0.119 e. The van der Waals surface area contributed by atoms with Crippen molar-refractivity contribution in [2.45, 2.75) is 57.9 Å². The number of fused-ring (bicyclic) bond motifs is 1. The molecule has 37 heavy (non-hydrogen) atoms. The highest BCUT2D eigenvalue weighted by atomic mass is 16.5. The van der Waals surface area contributed by atoms with E-state index in [9.17, 15) is 0 Å². The van der Waals surface area contributed by atoms with Gasteiger partial charge in [-0.15, -0.1) is 0 Å². The maximum absolute atomic E-state index is 6.06. The lowest BCUT2D eigenvalue weighted by atomic mass is 9.79. The van der Waals surface area contributed by atoms with Gasteiger partial charge in [0, 0.05) is 25.3 Å². The van der Waals surface area contributed by atoms with Gasteiger partial charge in [0.15, 0.2) is 0 Å². The minimum absolute atomic E-state index is 0.543. The Morgan fingerprint density at radius 1 is 0.892 bits per heavy atom. The van der Waals surface area contributed by atoms with Gasteiger partial charge in [-0.3, -0.25) is 4.90 Å². The number of para-hydroxylation sites is 1. The molecule has 1 aliphatic carbocycles. The second-order valence-electron chi connectivity index (χ2n) is 10.5. The SMILES string of the molecule is CCN(Cc1ccc(OCCN2CCCCC2)cc1)c1ccccc1C1CCc2cc(OC)ccc2C1. The molecule has 0 radical (unpaired) electrons. The molecule has 0 N–H and O–H groups in total. The van der Waals surface area contributed by atoms with E-state index in [1.54, 1.807) is 7.11 Å². The summed E-state index contributed by atoms with van der Waals surface area (Å²) in [5, 5.41) is 0. The number of piperidine rings is 1. The number of benzene rings is 3. The van der Waals surface area contributed by atoms with Crippen molar-refractivity contribution >= 4 is 5.69 Å². The molecule has 4 heteroatoms. The van der Waals surface area contributed by atoms with E-state index < -0.39 is 0 Å². The van der Waals surface area contributed by atoms with E-state index in [1.807, 2.05) is 0 Å². The quantitative estimate of drug-likeness (QED) is 0.305. The molecule has 1 atom stereocenters. The summed E-state index contributed by atoms with van der Waals surface area (Å²) in [5.41, 5.74) is 7.07. The average Bonchev–Trinajstić information content (AvgIpc) is 2.96. The van der Waals surface area contributed by atoms with Gasteiger partial charge in [0.05, 0.1) is 7.11 Å². The first-order chi connectivity index (χ1) is 18.2. The van der Waals surface area contributed by atoms with E-state index in [1.165, 1.54) is 66.7 Å². The Bertz CT molecular complexity index is 1140. The van der Waals surface area contributed by atoms with Crippen LogP contribution in [-0.4, -0.2) is 44.8 Å². The van der Waals surface area contributed by atoms with E-state index in [2.05, 4.69) is 83.5 Å². The van der Waals surface area contributed by atoms with Crippen LogP contribution >= 0.6 is 0 Å². The number of hydrogen-bond donors (Lipinski definition) is 0. The molecule has 196 valence electrons. The van der Waals surface area contributed by atoms with Gasteiger partial charge < -0.3 is 14.4 Å². The summed E-state index contributed by atoms with van der Waals surface area (Å²) in [6.45, 7) is 8.38. The van der Waals surface area contributed by atoms with E-state index in [-0.39, 0.29) is 0 Å². The second-order valence-corrected chi connectivity index (χ2v) is 10.5. The lowest BCUT2D eigenvalue weighted by molar-refractivity contribution is 0.183. The van der Waals surface area contributed by atoms with Gasteiger partial charge in [0.25, 0.3) is 0 Å². The second kappa shape index (κ2) is 12.5. The number of rotatable bonds is 10. The maximum atomic E-state index is 6.06. The zero-order valence-corrected chi connectivity index (χ0v) is 22.6. The number of aryl methyl sites for hydroxylation is 1. The highest BCUT2D eigenvalue weighted by molar-refractivity contribution is 5.56. The summed E-state index contributed by atoms with van der Waals surface area (Å²) in [6.07, 6.45) is 7.42. The molecule has 1 heterocycles. The van der Waals surface area contributed by atoms with Crippen LogP contribution < -0.4 is 14.4 Å². The van der Waals surface area contributed by atoms with Crippen LogP contribution in [0.2, 0.25) is 0 Å². The molecule has 1 aliphatic heterocycles. The first kappa shape index (κ1) is 25.7. The summed E-state index contributed by atoms with van der Waals surface area (Å²) >= 11 is 0. The van der Waals surface area contributed by atoms with Gasteiger partial charge in [-0.2, -0.15) is 0 Å². The Morgan fingerprint density at radius 3 is 2.46 bits per heavy atom. The molecule has 1 unspecified atom stereocenters. The average molecular weight is 499 g/mol. The first-order valence-corrected chi connectivity index (χ1v) is 14.2. The third-order valence-electron chi connectivity index (χ3n) is 8.16. The van der Waals surface area contributed by atoms with Crippen molar-refractivity contribution in [2.24, 2.45) is 0 Å². The fraction of sp³-hybridized carbons (Fsp3) is 0.455. The summed E-state index contributed by atoms with van der Waals surface area (Å²) in [4.78, 5) is 5.04. The van der Waals surface area contributed by atoms with E-state index in [0.29, 0.717) is 5.92 Å². The Kier molecular flexibility index (Phi) is 8.68.